The third kappa shape index (κ3) is 7.19. The molecule has 0 unspecified atom stereocenters. The number of nitrogens with one attached hydrogen (secondary N) is 3. The van der Waals surface area contributed by atoms with Crippen LogP contribution in [0.25, 0.3) is 10.9 Å². The van der Waals surface area contributed by atoms with Gasteiger partial charge in [-0.1, -0.05) is 24.3 Å². The van der Waals surface area contributed by atoms with Gasteiger partial charge in [0.2, 0.25) is 0 Å². The van der Waals surface area contributed by atoms with Gasteiger partial charge in [0.1, 0.15) is 0 Å². The molecule has 0 saturated heterocycles. The van der Waals surface area contributed by atoms with Gasteiger partial charge in [0, 0.05) is 29.2 Å². The maximum Gasteiger partial charge on any atom is 0.258 e. The summed E-state index contributed by atoms with van der Waals surface area (Å²) < 4.78 is 11.1. The zero-order valence-corrected chi connectivity index (χ0v) is 19.4. The second-order valence-corrected chi connectivity index (χ2v) is 8.36. The number of halogens is 1. The topological polar surface area (TPSA) is 75.4 Å². The van der Waals surface area contributed by atoms with Crippen LogP contribution >= 0.6 is 12.4 Å². The van der Waals surface area contributed by atoms with E-state index in [0.29, 0.717) is 11.5 Å². The summed E-state index contributed by atoms with van der Waals surface area (Å²) in [4.78, 5) is 15.3. The lowest BCUT2D eigenvalue weighted by Crippen LogP contribution is -2.43. The first-order valence-electron chi connectivity index (χ1n) is 10.2. The van der Waals surface area contributed by atoms with Crippen molar-refractivity contribution in [3.8, 4) is 11.5 Å². The molecule has 31 heavy (non-hydrogen) atoms. The van der Waals surface area contributed by atoms with E-state index in [4.69, 9.17) is 9.47 Å². The molecule has 0 aliphatic rings. The van der Waals surface area contributed by atoms with E-state index in [1.54, 1.807) is 7.11 Å². The molecular formula is C24H32ClN3O3. The van der Waals surface area contributed by atoms with Crippen LogP contribution in [0.1, 0.15) is 31.9 Å². The van der Waals surface area contributed by atoms with Crippen molar-refractivity contribution < 1.29 is 14.3 Å². The fourth-order valence-electron chi connectivity index (χ4n) is 3.33. The normalized spacial score (nSPS) is 11.1. The molecule has 0 radical (unpaired) electrons. The van der Waals surface area contributed by atoms with Crippen LogP contribution in [0.4, 0.5) is 0 Å². The Kier molecular flexibility index (Phi) is 8.77. The third-order valence-electron chi connectivity index (χ3n) is 4.68. The lowest BCUT2D eigenvalue weighted by atomic mass is 10.1. The Hall–Kier alpha value is -2.70. The molecule has 168 valence electrons. The number of amides is 1. The Bertz CT molecular complexity index is 995. The second-order valence-electron chi connectivity index (χ2n) is 8.36. The van der Waals surface area contributed by atoms with Gasteiger partial charge in [0.05, 0.1) is 7.11 Å². The van der Waals surface area contributed by atoms with Crippen LogP contribution in [0.3, 0.4) is 0 Å². The number of rotatable bonds is 9. The number of H-pyrrole nitrogens is 1. The van der Waals surface area contributed by atoms with E-state index in [0.717, 1.165) is 25.1 Å². The molecule has 0 aliphatic carbocycles. The van der Waals surface area contributed by atoms with Gasteiger partial charge in [0.15, 0.2) is 18.1 Å². The first kappa shape index (κ1) is 24.6. The van der Waals surface area contributed by atoms with Gasteiger partial charge in [-0.15, -0.1) is 12.4 Å². The molecule has 0 aliphatic heterocycles. The molecule has 3 rings (SSSR count). The van der Waals surface area contributed by atoms with Crippen molar-refractivity contribution in [2.75, 3.05) is 20.3 Å². The molecule has 1 aromatic heterocycles. The summed E-state index contributed by atoms with van der Waals surface area (Å²) in [7, 11) is 1.60. The molecule has 6 nitrogen and oxygen atoms in total. The quantitative estimate of drug-likeness (QED) is 0.431. The van der Waals surface area contributed by atoms with E-state index in [1.807, 2.05) is 45.0 Å². The first-order valence-corrected chi connectivity index (χ1v) is 10.2. The summed E-state index contributed by atoms with van der Waals surface area (Å²) in [5.41, 5.74) is 3.29. The summed E-state index contributed by atoms with van der Waals surface area (Å²) >= 11 is 0. The highest BCUT2D eigenvalue weighted by molar-refractivity contribution is 5.85. The van der Waals surface area contributed by atoms with Gasteiger partial charge < -0.3 is 25.1 Å². The Morgan fingerprint density at radius 1 is 1.10 bits per heavy atom. The minimum atomic E-state index is -0.285. The number of fused-ring (bicyclic) bond motifs is 1. The number of hydrogen-bond donors (Lipinski definition) is 3. The lowest BCUT2D eigenvalue weighted by Gasteiger charge is -2.20. The van der Waals surface area contributed by atoms with E-state index in [2.05, 4.69) is 40.0 Å². The summed E-state index contributed by atoms with van der Waals surface area (Å²) in [5, 5.41) is 7.63. The number of para-hydroxylation sites is 1. The summed E-state index contributed by atoms with van der Waals surface area (Å²) in [6.45, 7) is 7.36. The molecule has 1 amide bonds. The molecule has 7 heteroatoms. The zero-order valence-electron chi connectivity index (χ0n) is 18.6. The monoisotopic (exact) mass is 445 g/mol. The van der Waals surface area contributed by atoms with Crippen molar-refractivity contribution in [1.29, 1.82) is 0 Å². The predicted octanol–water partition coefficient (Wildman–Crippen LogP) is 4.22. The minimum absolute atomic E-state index is 0. The molecule has 0 saturated carbocycles. The van der Waals surface area contributed by atoms with Gasteiger partial charge in [-0.3, -0.25) is 4.79 Å². The number of aromatic amines is 1. The van der Waals surface area contributed by atoms with E-state index in [-0.39, 0.29) is 30.5 Å². The standard InChI is InChI=1S/C24H31N3O3.ClH/c1-24(2,3)27-23(28)16-30-21-10-9-17(13-22(21)29-4)14-25-12-11-18-15-26-20-8-6-5-7-19(18)20;/h5-10,13,15,25-26H,11-12,14,16H2,1-4H3,(H,27,28);1H. The van der Waals surface area contributed by atoms with Crippen LogP contribution in [-0.4, -0.2) is 36.7 Å². The van der Waals surface area contributed by atoms with Crippen molar-refractivity contribution in [3.63, 3.8) is 0 Å². The molecule has 0 fully saturated rings. The molecule has 1 heterocycles. The Morgan fingerprint density at radius 2 is 1.87 bits per heavy atom. The Balaban J connectivity index is 0.00000341. The lowest BCUT2D eigenvalue weighted by molar-refractivity contribution is -0.124. The number of aromatic nitrogens is 1. The van der Waals surface area contributed by atoms with Crippen LogP contribution < -0.4 is 20.1 Å². The molecule has 0 atom stereocenters. The van der Waals surface area contributed by atoms with Crippen molar-refractivity contribution in [1.82, 2.24) is 15.6 Å². The summed E-state index contributed by atoms with van der Waals surface area (Å²) in [6.07, 6.45) is 3.03. The second kappa shape index (κ2) is 11.1. The highest BCUT2D eigenvalue weighted by Gasteiger charge is 2.15. The first-order chi connectivity index (χ1) is 14.4. The Morgan fingerprint density at radius 3 is 2.61 bits per heavy atom. The number of carbonyl (C=O) groups is 1. The number of benzene rings is 2. The van der Waals surface area contributed by atoms with Gasteiger partial charge in [-0.25, -0.2) is 0 Å². The molecule has 2 aromatic carbocycles. The highest BCUT2D eigenvalue weighted by atomic mass is 35.5. The molecule has 3 aromatic rings. The van der Waals surface area contributed by atoms with Crippen LogP contribution in [-0.2, 0) is 17.8 Å². The maximum atomic E-state index is 12.0. The van der Waals surface area contributed by atoms with Gasteiger partial charge >= 0.3 is 0 Å². The highest BCUT2D eigenvalue weighted by Crippen LogP contribution is 2.28. The molecular weight excluding hydrogens is 414 g/mol. The van der Waals surface area contributed by atoms with Crippen molar-refractivity contribution in [2.24, 2.45) is 0 Å². The summed E-state index contributed by atoms with van der Waals surface area (Å²) in [5.74, 6) is 1.02. The Labute approximate surface area is 190 Å². The maximum absolute atomic E-state index is 12.0. The predicted molar refractivity (Wildman–Crippen MR) is 127 cm³/mol. The molecule has 0 spiro atoms. The van der Waals surface area contributed by atoms with Crippen molar-refractivity contribution in [2.45, 2.75) is 39.3 Å². The van der Waals surface area contributed by atoms with Crippen LogP contribution in [0.2, 0.25) is 0 Å². The van der Waals surface area contributed by atoms with E-state index in [1.165, 1.54) is 16.5 Å². The summed E-state index contributed by atoms with van der Waals surface area (Å²) in [6, 6.07) is 14.1. The van der Waals surface area contributed by atoms with E-state index >= 15 is 0 Å². The minimum Gasteiger partial charge on any atom is -0.493 e. The zero-order chi connectivity index (χ0) is 21.6. The fourth-order valence-corrected chi connectivity index (χ4v) is 3.33. The average molecular weight is 446 g/mol. The smallest absolute Gasteiger partial charge is 0.258 e. The van der Waals surface area contributed by atoms with E-state index in [9.17, 15) is 4.79 Å². The SMILES string of the molecule is COc1cc(CNCCc2c[nH]c3ccccc23)ccc1OCC(=O)NC(C)(C)C.Cl. The number of hydrogen-bond acceptors (Lipinski definition) is 4. The fraction of sp³-hybridized carbons (Fsp3) is 0.375. The average Bonchev–Trinajstić information content (AvgIpc) is 3.12. The largest absolute Gasteiger partial charge is 0.493 e. The van der Waals surface area contributed by atoms with Crippen LogP contribution in [0, 0.1) is 0 Å². The van der Waals surface area contributed by atoms with Gasteiger partial charge in [0.25, 0.3) is 5.91 Å². The van der Waals surface area contributed by atoms with Crippen molar-refractivity contribution >= 4 is 29.2 Å². The molecule has 3 N–H and O–H groups in total. The number of ether oxygens (including phenoxy) is 2. The van der Waals surface area contributed by atoms with Crippen molar-refractivity contribution in [3.05, 3.63) is 59.8 Å². The van der Waals surface area contributed by atoms with Gasteiger partial charge in [-0.05, 0) is 63.1 Å². The third-order valence-corrected chi connectivity index (χ3v) is 4.68. The van der Waals surface area contributed by atoms with Crippen LogP contribution in [0.5, 0.6) is 11.5 Å². The number of methoxy groups -OCH3 is 1. The van der Waals surface area contributed by atoms with E-state index < -0.39 is 0 Å². The van der Waals surface area contributed by atoms with Crippen LogP contribution in [0.15, 0.2) is 48.7 Å². The van der Waals surface area contributed by atoms with Gasteiger partial charge in [-0.2, -0.15) is 0 Å². The molecule has 0 bridgehead atoms. The number of carbonyl (C=O) groups excluding carboxylic acids is 1.